The first kappa shape index (κ1) is 50.0. The lowest BCUT2D eigenvalue weighted by Gasteiger charge is -2.28. The second-order valence-electron chi connectivity index (χ2n) is 21.8. The van der Waals surface area contributed by atoms with Gasteiger partial charge in [-0.25, -0.2) is 0 Å². The fraction of sp³-hybridized carbons (Fsp3) is 0.536. The lowest BCUT2D eigenvalue weighted by Crippen LogP contribution is -2.17. The molecule has 348 valence electrons. The van der Waals surface area contributed by atoms with E-state index in [0.717, 1.165) is 66.8 Å². The molecule has 0 unspecified atom stereocenters. The van der Waals surface area contributed by atoms with E-state index in [9.17, 15) is 19.8 Å². The minimum absolute atomic E-state index is 0.227. The fourth-order valence-electron chi connectivity index (χ4n) is 8.26. The Bertz CT molecular complexity index is 2050. The minimum Gasteiger partial charge on any atom is -0.507 e. The number of phenolic OH excluding ortho intramolecular Hbond substituents is 2. The summed E-state index contributed by atoms with van der Waals surface area (Å²) in [6.45, 7) is 31.2. The Kier molecular flexibility index (Phi) is 15.7. The highest BCUT2D eigenvalue weighted by Crippen LogP contribution is 2.44. The van der Waals surface area contributed by atoms with Gasteiger partial charge in [0.15, 0.2) is 0 Å². The third-order valence-corrected chi connectivity index (χ3v) is 12.2. The predicted octanol–water partition coefficient (Wildman–Crippen LogP) is 12.4. The van der Waals surface area contributed by atoms with Gasteiger partial charge in [-0.2, -0.15) is 0 Å². The molecule has 64 heavy (non-hydrogen) atoms. The zero-order chi connectivity index (χ0) is 47.4. The smallest absolute Gasteiger partial charge is 0.305 e. The first-order valence-electron chi connectivity index (χ1n) is 23.4. The molecule has 1 aliphatic rings. The third kappa shape index (κ3) is 12.6. The number of phenols is 2. The highest BCUT2D eigenvalue weighted by atomic mass is 16.5. The predicted molar refractivity (Wildman–Crippen MR) is 258 cm³/mol. The molecule has 0 saturated carbocycles. The van der Waals surface area contributed by atoms with Gasteiger partial charge in [0.25, 0.3) is 0 Å². The Hall–Kier alpha value is -4.98. The van der Waals surface area contributed by atoms with Crippen molar-refractivity contribution in [2.75, 3.05) is 26.4 Å². The summed E-state index contributed by atoms with van der Waals surface area (Å²) in [6, 6.07) is 17.3. The Labute approximate surface area is 384 Å². The standard InChI is InChI=1S/C56H76O8/c1-15-61-47(57)19-17-21-63-51-39-23-35-27-43(53(3,4)5)29-37(49(35)59)25-41-33-46(56(12,13)14)34-42(52(41)64-22-18-20-48(58)62-16-2)26-38-30-44(54(6,7)8)28-36(50(38)60)24-40(51)32-45(31-39)55(9,10)11/h27-34,59-60H,15-26H2,1-14H3. The number of rotatable bonds is 12. The van der Waals surface area contributed by atoms with Crippen molar-refractivity contribution >= 4 is 11.9 Å². The molecule has 0 atom stereocenters. The average Bonchev–Trinajstić information content (AvgIpc) is 3.17. The SMILES string of the molecule is CCOC(=O)CCCOc1c2cc(C(C)(C)C)cc1Cc1cc(C(C)(C)C)cc(c1O)Cc1cc(C(C)(C)C)cc(c1OCCCC(=O)OCC)Cc1cc(C(C)(C)C)cc(c1O)C2. The molecule has 8 bridgehead atoms. The van der Waals surface area contributed by atoms with Crippen molar-refractivity contribution in [2.24, 2.45) is 0 Å². The van der Waals surface area contributed by atoms with E-state index < -0.39 is 0 Å². The summed E-state index contributed by atoms with van der Waals surface area (Å²) in [5.41, 5.74) is 10.3. The number of fused-ring (bicyclic) bond motifs is 8. The molecule has 1 aliphatic carbocycles. The molecule has 8 heteroatoms. The van der Waals surface area contributed by atoms with Crippen LogP contribution in [-0.2, 0) is 66.4 Å². The molecule has 2 N–H and O–H groups in total. The highest BCUT2D eigenvalue weighted by Gasteiger charge is 2.28. The summed E-state index contributed by atoms with van der Waals surface area (Å²) >= 11 is 0. The van der Waals surface area contributed by atoms with Crippen LogP contribution in [0.25, 0.3) is 0 Å². The van der Waals surface area contributed by atoms with Crippen LogP contribution in [0.2, 0.25) is 0 Å². The van der Waals surface area contributed by atoms with Gasteiger partial charge < -0.3 is 29.2 Å². The van der Waals surface area contributed by atoms with E-state index in [1.165, 1.54) is 0 Å². The molecule has 4 aromatic carbocycles. The second-order valence-corrected chi connectivity index (χ2v) is 21.8. The molecular formula is C56H76O8. The molecule has 0 amide bonds. The van der Waals surface area contributed by atoms with Crippen molar-refractivity contribution in [3.8, 4) is 23.0 Å². The molecule has 0 aromatic heterocycles. The van der Waals surface area contributed by atoms with Crippen LogP contribution in [0.4, 0.5) is 0 Å². The molecule has 4 aromatic rings. The highest BCUT2D eigenvalue weighted by molar-refractivity contribution is 5.69. The van der Waals surface area contributed by atoms with E-state index in [1.807, 2.05) is 0 Å². The lowest BCUT2D eigenvalue weighted by molar-refractivity contribution is -0.144. The zero-order valence-electron chi connectivity index (χ0n) is 41.4. The van der Waals surface area contributed by atoms with E-state index in [-0.39, 0.29) is 57.9 Å². The van der Waals surface area contributed by atoms with Crippen molar-refractivity contribution in [3.63, 3.8) is 0 Å². The van der Waals surface area contributed by atoms with Gasteiger partial charge >= 0.3 is 11.9 Å². The van der Waals surface area contributed by atoms with Crippen LogP contribution in [0.1, 0.15) is 189 Å². The van der Waals surface area contributed by atoms with E-state index in [4.69, 9.17) is 18.9 Å². The number of ether oxygens (including phenoxy) is 4. The molecule has 0 spiro atoms. The van der Waals surface area contributed by atoms with E-state index in [2.05, 4.69) is 132 Å². The monoisotopic (exact) mass is 877 g/mol. The molecule has 8 nitrogen and oxygen atoms in total. The van der Waals surface area contributed by atoms with Gasteiger partial charge in [-0.05, 0) is 115 Å². The number of hydrogen-bond acceptors (Lipinski definition) is 8. The summed E-state index contributed by atoms with van der Waals surface area (Å²) in [5, 5.41) is 25.1. The second kappa shape index (κ2) is 20.0. The molecular weight excluding hydrogens is 801 g/mol. The van der Waals surface area contributed by atoms with Gasteiger partial charge in [0.1, 0.15) is 23.0 Å². The van der Waals surface area contributed by atoms with Crippen LogP contribution in [0.5, 0.6) is 23.0 Å². The summed E-state index contributed by atoms with van der Waals surface area (Å²) in [7, 11) is 0. The van der Waals surface area contributed by atoms with Crippen molar-refractivity contribution in [1.82, 2.24) is 0 Å². The van der Waals surface area contributed by atoms with Crippen molar-refractivity contribution in [1.29, 1.82) is 0 Å². The van der Waals surface area contributed by atoms with Crippen molar-refractivity contribution < 1.29 is 38.7 Å². The number of aromatic hydroxyl groups is 2. The number of carbonyl (C=O) groups excluding carboxylic acids is 2. The molecule has 0 saturated heterocycles. The maximum Gasteiger partial charge on any atom is 0.305 e. The largest absolute Gasteiger partial charge is 0.507 e. The molecule has 0 fully saturated rings. The van der Waals surface area contributed by atoms with E-state index in [1.54, 1.807) is 13.8 Å². The van der Waals surface area contributed by atoms with Crippen LogP contribution >= 0.6 is 0 Å². The third-order valence-electron chi connectivity index (χ3n) is 12.2. The Balaban J connectivity index is 1.85. The quantitative estimate of drug-likeness (QED) is 0.0941. The average molecular weight is 877 g/mol. The van der Waals surface area contributed by atoms with Gasteiger partial charge in [-0.1, -0.05) is 132 Å². The maximum atomic E-state index is 12.5. The van der Waals surface area contributed by atoms with Crippen LogP contribution in [0.15, 0.2) is 48.5 Å². The topological polar surface area (TPSA) is 112 Å². The summed E-state index contributed by atoms with van der Waals surface area (Å²) in [4.78, 5) is 24.8. The minimum atomic E-state index is -0.256. The lowest BCUT2D eigenvalue weighted by atomic mass is 9.79. The normalized spacial score (nSPS) is 13.3. The molecule has 5 rings (SSSR count). The zero-order valence-corrected chi connectivity index (χ0v) is 41.4. The van der Waals surface area contributed by atoms with Gasteiger partial charge in [-0.15, -0.1) is 0 Å². The van der Waals surface area contributed by atoms with E-state index >= 15 is 0 Å². The van der Waals surface area contributed by atoms with Crippen LogP contribution in [0, 0.1) is 0 Å². The Morgan fingerprint density at radius 1 is 0.438 bits per heavy atom. The van der Waals surface area contributed by atoms with Gasteiger partial charge in [0.2, 0.25) is 0 Å². The summed E-state index contributed by atoms with van der Waals surface area (Å²) in [6.07, 6.45) is 2.97. The van der Waals surface area contributed by atoms with Crippen molar-refractivity contribution in [2.45, 2.75) is 170 Å². The fourth-order valence-corrected chi connectivity index (χ4v) is 8.26. The molecule has 0 aliphatic heterocycles. The number of hydrogen-bond donors (Lipinski definition) is 2. The Morgan fingerprint density at radius 3 is 0.891 bits per heavy atom. The van der Waals surface area contributed by atoms with Crippen molar-refractivity contribution in [3.05, 3.63) is 115 Å². The van der Waals surface area contributed by atoms with Gasteiger partial charge in [0, 0.05) is 38.5 Å². The summed E-state index contributed by atoms with van der Waals surface area (Å²) < 4.78 is 24.0. The first-order chi connectivity index (χ1) is 29.8. The number of esters is 2. The van der Waals surface area contributed by atoms with Crippen LogP contribution in [-0.4, -0.2) is 48.6 Å². The molecule has 0 heterocycles. The maximum absolute atomic E-state index is 12.5. The van der Waals surface area contributed by atoms with Crippen LogP contribution in [0.3, 0.4) is 0 Å². The molecule has 0 radical (unpaired) electrons. The van der Waals surface area contributed by atoms with Crippen LogP contribution < -0.4 is 9.47 Å². The number of benzene rings is 4. The number of carbonyl (C=O) groups is 2. The Morgan fingerprint density at radius 2 is 0.672 bits per heavy atom. The summed E-state index contributed by atoms with van der Waals surface area (Å²) in [5.74, 6) is 1.34. The van der Waals surface area contributed by atoms with Gasteiger partial charge in [-0.3, -0.25) is 9.59 Å². The van der Waals surface area contributed by atoms with E-state index in [0.29, 0.717) is 76.5 Å². The van der Waals surface area contributed by atoms with Gasteiger partial charge in [0.05, 0.1) is 26.4 Å². The first-order valence-corrected chi connectivity index (χ1v) is 23.4.